The largest absolute Gasteiger partial charge is 0.462 e. The van der Waals surface area contributed by atoms with E-state index in [9.17, 15) is 9.59 Å². The predicted molar refractivity (Wildman–Crippen MR) is 74.7 cm³/mol. The number of carbonyl (C=O) groups is 1. The molecule has 0 fully saturated rings. The Bertz CT molecular complexity index is 631. The number of anilines is 1. The summed E-state index contributed by atoms with van der Waals surface area (Å²) >= 11 is 0.879. The summed E-state index contributed by atoms with van der Waals surface area (Å²) in [6.07, 6.45) is 0. The molecule has 0 aliphatic carbocycles. The van der Waals surface area contributed by atoms with Gasteiger partial charge in [0.25, 0.3) is 0 Å². The minimum Gasteiger partial charge on any atom is -0.462 e. The lowest BCUT2D eigenvalue weighted by Crippen LogP contribution is -2.22. The molecule has 5 nitrogen and oxygen atoms in total. The third-order valence-electron chi connectivity index (χ3n) is 2.51. The third-order valence-corrected chi connectivity index (χ3v) is 3.53. The summed E-state index contributed by atoms with van der Waals surface area (Å²) in [7, 11) is 0. The van der Waals surface area contributed by atoms with Gasteiger partial charge in [-0.3, -0.25) is 10.2 Å². The fourth-order valence-electron chi connectivity index (χ4n) is 1.60. The van der Waals surface area contributed by atoms with Crippen LogP contribution in [0.2, 0.25) is 0 Å². The molecule has 0 aliphatic rings. The van der Waals surface area contributed by atoms with Gasteiger partial charge >= 0.3 is 10.8 Å². The van der Waals surface area contributed by atoms with Gasteiger partial charge in [-0.1, -0.05) is 29.5 Å². The van der Waals surface area contributed by atoms with Gasteiger partial charge in [-0.25, -0.2) is 9.47 Å². The molecule has 6 heteroatoms. The Labute approximate surface area is 114 Å². The highest BCUT2D eigenvalue weighted by Crippen LogP contribution is 2.14. The quantitative estimate of drug-likeness (QED) is 0.872. The van der Waals surface area contributed by atoms with Crippen LogP contribution in [0, 0.1) is 6.92 Å². The molecule has 0 amide bonds. The number of hydrogen-bond acceptors (Lipinski definition) is 5. The highest BCUT2D eigenvalue weighted by atomic mass is 32.1. The van der Waals surface area contributed by atoms with Gasteiger partial charge in [-0.15, -0.1) is 0 Å². The zero-order valence-corrected chi connectivity index (χ0v) is 11.5. The average molecular weight is 278 g/mol. The van der Waals surface area contributed by atoms with E-state index in [1.807, 2.05) is 30.3 Å². The molecule has 1 N–H and O–H groups in total. The van der Waals surface area contributed by atoms with Crippen LogP contribution in [0.5, 0.6) is 0 Å². The van der Waals surface area contributed by atoms with Gasteiger partial charge < -0.3 is 4.74 Å². The first-order chi connectivity index (χ1) is 9.13. The van der Waals surface area contributed by atoms with E-state index in [1.54, 1.807) is 13.8 Å². The van der Waals surface area contributed by atoms with Crippen LogP contribution >= 0.6 is 11.3 Å². The number of thiazole rings is 1. The first-order valence-corrected chi connectivity index (χ1v) is 6.66. The Morgan fingerprint density at radius 1 is 1.37 bits per heavy atom. The summed E-state index contributed by atoms with van der Waals surface area (Å²) in [5.41, 5.74) is 4.30. The molecule has 0 aliphatic heterocycles. The maximum atomic E-state index is 11.9. The number of nitrogens with zero attached hydrogens (tertiary/aromatic N) is 1. The Hall–Kier alpha value is -2.08. The number of esters is 1. The molecular formula is C13H14N2O3S. The second-order valence-electron chi connectivity index (χ2n) is 3.82. The molecule has 0 saturated carbocycles. The number of rotatable bonds is 4. The zero-order valence-electron chi connectivity index (χ0n) is 10.7. The van der Waals surface area contributed by atoms with Crippen LogP contribution in [-0.4, -0.2) is 17.3 Å². The summed E-state index contributed by atoms with van der Waals surface area (Å²) in [6, 6.07) is 9.29. The molecule has 19 heavy (non-hydrogen) atoms. The molecule has 1 heterocycles. The monoisotopic (exact) mass is 278 g/mol. The predicted octanol–water partition coefficient (Wildman–Crippen LogP) is 2.27. The lowest BCUT2D eigenvalue weighted by atomic mass is 10.3. The highest BCUT2D eigenvalue weighted by Gasteiger charge is 2.18. The Balaban J connectivity index is 2.32. The van der Waals surface area contributed by atoms with E-state index >= 15 is 0 Å². The standard InChI is InChI=1S/C13H14N2O3S/c1-3-18-12(16)11-9(2)15(13(17)19-11)14-10-7-5-4-6-8-10/h4-8,14H,3H2,1-2H3. The van der Waals surface area contributed by atoms with Crippen molar-refractivity contribution in [1.29, 1.82) is 0 Å². The van der Waals surface area contributed by atoms with Crippen molar-refractivity contribution in [2.45, 2.75) is 13.8 Å². The summed E-state index contributed by atoms with van der Waals surface area (Å²) in [6.45, 7) is 3.73. The smallest absolute Gasteiger partial charge is 0.350 e. The molecule has 2 rings (SSSR count). The van der Waals surface area contributed by atoms with Gasteiger partial charge in [0.05, 0.1) is 18.0 Å². The Morgan fingerprint density at radius 3 is 2.68 bits per heavy atom. The van der Waals surface area contributed by atoms with Crippen molar-refractivity contribution in [3.63, 3.8) is 0 Å². The fraction of sp³-hybridized carbons (Fsp3) is 0.231. The van der Waals surface area contributed by atoms with Crippen molar-refractivity contribution in [3.05, 3.63) is 50.6 Å². The van der Waals surface area contributed by atoms with Crippen molar-refractivity contribution in [2.24, 2.45) is 0 Å². The minimum atomic E-state index is -0.462. The van der Waals surface area contributed by atoms with E-state index < -0.39 is 5.97 Å². The van der Waals surface area contributed by atoms with Gasteiger partial charge in [-0.2, -0.15) is 0 Å². The lowest BCUT2D eigenvalue weighted by Gasteiger charge is -2.08. The maximum Gasteiger partial charge on any atom is 0.350 e. The fourth-order valence-corrected chi connectivity index (χ4v) is 2.43. The van der Waals surface area contributed by atoms with Crippen molar-refractivity contribution >= 4 is 23.0 Å². The first-order valence-electron chi connectivity index (χ1n) is 5.85. The molecule has 2 aromatic rings. The molecule has 1 aromatic carbocycles. The van der Waals surface area contributed by atoms with Gasteiger partial charge in [0.1, 0.15) is 4.88 Å². The van der Waals surface area contributed by atoms with Crippen LogP contribution in [0.1, 0.15) is 22.3 Å². The van der Waals surface area contributed by atoms with Gasteiger partial charge in [0.15, 0.2) is 0 Å². The number of benzene rings is 1. The topological polar surface area (TPSA) is 60.3 Å². The normalized spacial score (nSPS) is 10.2. The van der Waals surface area contributed by atoms with E-state index in [0.29, 0.717) is 10.6 Å². The second kappa shape index (κ2) is 5.71. The van der Waals surface area contributed by atoms with Crippen LogP contribution in [0.4, 0.5) is 5.69 Å². The minimum absolute atomic E-state index is 0.246. The summed E-state index contributed by atoms with van der Waals surface area (Å²) in [5, 5.41) is 0. The number of carbonyl (C=O) groups excluding carboxylic acids is 1. The zero-order chi connectivity index (χ0) is 13.8. The van der Waals surface area contributed by atoms with E-state index in [-0.39, 0.29) is 11.5 Å². The summed E-state index contributed by atoms with van der Waals surface area (Å²) in [4.78, 5) is 23.7. The van der Waals surface area contributed by atoms with Crippen LogP contribution < -0.4 is 10.3 Å². The van der Waals surface area contributed by atoms with E-state index in [1.165, 1.54) is 4.68 Å². The summed E-state index contributed by atoms with van der Waals surface area (Å²) < 4.78 is 6.27. The van der Waals surface area contributed by atoms with Crippen LogP contribution in [0.25, 0.3) is 0 Å². The molecular weight excluding hydrogens is 264 g/mol. The molecule has 0 atom stereocenters. The van der Waals surface area contributed by atoms with Crippen molar-refractivity contribution in [1.82, 2.24) is 4.68 Å². The van der Waals surface area contributed by atoms with E-state index in [0.717, 1.165) is 17.0 Å². The van der Waals surface area contributed by atoms with Crippen LogP contribution in [0.15, 0.2) is 35.1 Å². The average Bonchev–Trinajstić information content (AvgIpc) is 2.68. The molecule has 0 unspecified atom stereocenters. The van der Waals surface area contributed by atoms with E-state index in [4.69, 9.17) is 4.74 Å². The molecule has 0 radical (unpaired) electrons. The number of hydrogen-bond donors (Lipinski definition) is 1. The van der Waals surface area contributed by atoms with Crippen molar-refractivity contribution in [2.75, 3.05) is 12.0 Å². The maximum absolute atomic E-state index is 11.9. The number of aromatic nitrogens is 1. The summed E-state index contributed by atoms with van der Waals surface area (Å²) in [5.74, 6) is -0.462. The lowest BCUT2D eigenvalue weighted by molar-refractivity contribution is 0.0530. The van der Waals surface area contributed by atoms with Gasteiger partial charge in [0.2, 0.25) is 0 Å². The molecule has 100 valence electrons. The Morgan fingerprint density at radius 2 is 2.05 bits per heavy atom. The highest BCUT2D eigenvalue weighted by molar-refractivity contribution is 7.11. The number of para-hydroxylation sites is 1. The van der Waals surface area contributed by atoms with Gasteiger partial charge in [0, 0.05) is 0 Å². The number of ether oxygens (including phenoxy) is 1. The van der Waals surface area contributed by atoms with Crippen molar-refractivity contribution in [3.8, 4) is 0 Å². The molecule has 0 bridgehead atoms. The van der Waals surface area contributed by atoms with E-state index in [2.05, 4.69) is 5.43 Å². The SMILES string of the molecule is CCOC(=O)c1sc(=O)n(Nc2ccccc2)c1C. The Kier molecular flexibility index (Phi) is 4.01. The number of nitrogens with one attached hydrogen (secondary N) is 1. The second-order valence-corrected chi connectivity index (χ2v) is 4.78. The first kappa shape index (κ1) is 13.4. The molecule has 1 aromatic heterocycles. The van der Waals surface area contributed by atoms with Crippen LogP contribution in [-0.2, 0) is 4.74 Å². The third kappa shape index (κ3) is 2.85. The molecule has 0 saturated heterocycles. The van der Waals surface area contributed by atoms with Gasteiger partial charge in [-0.05, 0) is 26.0 Å². The van der Waals surface area contributed by atoms with Crippen molar-refractivity contribution < 1.29 is 9.53 Å². The van der Waals surface area contributed by atoms with Crippen LogP contribution in [0.3, 0.4) is 0 Å². The molecule has 0 spiro atoms.